The van der Waals surface area contributed by atoms with Crippen LogP contribution in [0.3, 0.4) is 0 Å². The zero-order valence-corrected chi connectivity index (χ0v) is 17.4. The van der Waals surface area contributed by atoms with E-state index in [1.807, 2.05) is 48.5 Å². The smallest absolute Gasteiger partial charge is 0.216 e. The lowest BCUT2D eigenvalue weighted by Gasteiger charge is -2.20. The zero-order chi connectivity index (χ0) is 19.9. The molecule has 3 rings (SSSR count). The summed E-state index contributed by atoms with van der Waals surface area (Å²) >= 11 is 11.6. The maximum atomic E-state index is 6.30. The molecule has 28 heavy (non-hydrogen) atoms. The van der Waals surface area contributed by atoms with Crippen molar-refractivity contribution in [1.29, 1.82) is 0 Å². The van der Waals surface area contributed by atoms with E-state index in [1.54, 1.807) is 10.9 Å². The van der Waals surface area contributed by atoms with Crippen LogP contribution < -0.4 is 4.90 Å². The molecule has 0 atom stereocenters. The van der Waals surface area contributed by atoms with E-state index in [-0.39, 0.29) is 0 Å². The molecule has 144 valence electrons. The molecule has 0 saturated heterocycles. The lowest BCUT2D eigenvalue weighted by molar-refractivity contribution is 0.864. The van der Waals surface area contributed by atoms with Gasteiger partial charge >= 0.3 is 0 Å². The molecule has 0 fully saturated rings. The predicted molar refractivity (Wildman–Crippen MR) is 121 cm³/mol. The second kappa shape index (κ2) is 9.48. The number of halogens is 1. The fourth-order valence-corrected chi connectivity index (χ4v) is 3.20. The molecule has 0 unspecified atom stereocenters. The van der Waals surface area contributed by atoms with Crippen molar-refractivity contribution in [2.24, 2.45) is 5.10 Å². The maximum Gasteiger partial charge on any atom is 0.216 e. The summed E-state index contributed by atoms with van der Waals surface area (Å²) in [4.78, 5) is 2.28. The first kappa shape index (κ1) is 20.0. The lowest BCUT2D eigenvalue weighted by Crippen LogP contribution is -2.21. The third kappa shape index (κ3) is 4.77. The van der Waals surface area contributed by atoms with Crippen LogP contribution in [0.25, 0.3) is 17.5 Å². The number of allylic oxidation sites excluding steroid dienone is 1. The Morgan fingerprint density at radius 1 is 1.14 bits per heavy atom. The lowest BCUT2D eigenvalue weighted by atomic mass is 10.2. The van der Waals surface area contributed by atoms with Crippen LogP contribution in [0.5, 0.6) is 0 Å². The third-order valence-corrected chi connectivity index (χ3v) is 4.78. The SMILES string of the molecule is CCN(CC)c1ccc(-c2n[nH]c(=S)n2N=CC(Cl)=Cc2ccccc2)cc1. The summed E-state index contributed by atoms with van der Waals surface area (Å²) in [6.07, 6.45) is 3.40. The van der Waals surface area contributed by atoms with E-state index in [9.17, 15) is 0 Å². The van der Waals surface area contributed by atoms with Gasteiger partial charge in [-0.25, -0.2) is 5.10 Å². The average molecular weight is 412 g/mol. The Morgan fingerprint density at radius 2 is 1.82 bits per heavy atom. The summed E-state index contributed by atoms with van der Waals surface area (Å²) in [5.74, 6) is 0.636. The predicted octanol–water partition coefficient (Wildman–Crippen LogP) is 5.57. The van der Waals surface area contributed by atoms with E-state index >= 15 is 0 Å². The van der Waals surface area contributed by atoms with Gasteiger partial charge in [-0.15, -0.1) is 0 Å². The number of nitrogens with one attached hydrogen (secondary N) is 1. The topological polar surface area (TPSA) is 49.2 Å². The van der Waals surface area contributed by atoms with Crippen molar-refractivity contribution in [3.63, 3.8) is 0 Å². The van der Waals surface area contributed by atoms with Crippen molar-refractivity contribution in [2.45, 2.75) is 13.8 Å². The van der Waals surface area contributed by atoms with Gasteiger partial charge in [0.25, 0.3) is 0 Å². The molecule has 1 heterocycles. The first-order valence-corrected chi connectivity index (χ1v) is 9.90. The van der Waals surface area contributed by atoms with Crippen LogP contribution in [0, 0.1) is 4.77 Å². The van der Waals surface area contributed by atoms with Crippen molar-refractivity contribution in [3.05, 3.63) is 70.0 Å². The van der Waals surface area contributed by atoms with Crippen LogP contribution in [0.2, 0.25) is 0 Å². The molecule has 0 bridgehead atoms. The van der Waals surface area contributed by atoms with Gasteiger partial charge in [0.05, 0.1) is 11.2 Å². The van der Waals surface area contributed by atoms with Gasteiger partial charge in [0.15, 0.2) is 5.82 Å². The van der Waals surface area contributed by atoms with Crippen molar-refractivity contribution < 1.29 is 0 Å². The van der Waals surface area contributed by atoms with Crippen molar-refractivity contribution in [3.8, 4) is 11.4 Å². The number of H-pyrrole nitrogens is 1. The molecule has 7 heteroatoms. The fraction of sp³-hybridized carbons (Fsp3) is 0.190. The second-order valence-electron chi connectivity index (χ2n) is 6.07. The largest absolute Gasteiger partial charge is 0.372 e. The standard InChI is InChI=1S/C21H22ClN5S/c1-3-26(4-2)19-12-10-17(11-13-19)20-24-25-21(28)27(20)23-15-18(22)14-16-8-6-5-7-9-16/h5-15H,3-4H2,1-2H3,(H,25,28). The number of aromatic amines is 1. The molecule has 3 aromatic rings. The summed E-state index contributed by atoms with van der Waals surface area (Å²) in [6.45, 7) is 6.21. The van der Waals surface area contributed by atoms with E-state index in [0.29, 0.717) is 15.6 Å². The Hall–Kier alpha value is -2.70. The molecule has 1 aromatic heterocycles. The Labute approximate surface area is 175 Å². The maximum absolute atomic E-state index is 6.30. The molecule has 0 aliphatic heterocycles. The van der Waals surface area contributed by atoms with Gasteiger partial charge in [-0.05, 0) is 62.0 Å². The number of hydrogen-bond acceptors (Lipinski definition) is 4. The van der Waals surface area contributed by atoms with E-state index in [4.69, 9.17) is 23.8 Å². The van der Waals surface area contributed by atoms with E-state index in [1.165, 1.54) is 5.69 Å². The molecule has 2 aromatic carbocycles. The Balaban J connectivity index is 1.86. The van der Waals surface area contributed by atoms with Gasteiger partial charge in [-0.3, -0.25) is 0 Å². The molecule has 0 amide bonds. The molecule has 1 N–H and O–H groups in total. The van der Waals surface area contributed by atoms with Crippen LogP contribution in [0.1, 0.15) is 19.4 Å². The van der Waals surface area contributed by atoms with Crippen LogP contribution in [0.4, 0.5) is 5.69 Å². The van der Waals surface area contributed by atoms with Gasteiger partial charge in [-0.2, -0.15) is 14.9 Å². The van der Waals surface area contributed by atoms with Crippen molar-refractivity contribution >= 4 is 41.8 Å². The number of benzene rings is 2. The van der Waals surface area contributed by atoms with Gasteiger partial charge in [0.1, 0.15) is 0 Å². The van der Waals surface area contributed by atoms with Crippen LogP contribution >= 0.6 is 23.8 Å². The first-order chi connectivity index (χ1) is 13.6. The molecule has 5 nitrogen and oxygen atoms in total. The Kier molecular flexibility index (Phi) is 6.79. The summed E-state index contributed by atoms with van der Waals surface area (Å²) in [5, 5.41) is 12.0. The quantitative estimate of drug-likeness (QED) is 0.408. The highest BCUT2D eigenvalue weighted by atomic mass is 35.5. The van der Waals surface area contributed by atoms with E-state index in [2.05, 4.69) is 46.2 Å². The summed E-state index contributed by atoms with van der Waals surface area (Å²) in [7, 11) is 0. The van der Waals surface area contributed by atoms with Gasteiger partial charge in [0.2, 0.25) is 4.77 Å². The number of nitrogens with zero attached hydrogens (tertiary/aromatic N) is 4. The molecule has 0 aliphatic carbocycles. The van der Waals surface area contributed by atoms with E-state index in [0.717, 1.165) is 24.2 Å². The fourth-order valence-electron chi connectivity index (χ4n) is 2.85. The molecule has 0 radical (unpaired) electrons. The highest BCUT2D eigenvalue weighted by Crippen LogP contribution is 2.22. The minimum absolute atomic E-state index is 0.406. The molecular weight excluding hydrogens is 390 g/mol. The Bertz CT molecular complexity index is 1010. The second-order valence-corrected chi connectivity index (χ2v) is 6.89. The highest BCUT2D eigenvalue weighted by Gasteiger charge is 2.09. The van der Waals surface area contributed by atoms with E-state index < -0.39 is 0 Å². The van der Waals surface area contributed by atoms with Gasteiger partial charge in [0, 0.05) is 24.3 Å². The first-order valence-electron chi connectivity index (χ1n) is 9.11. The average Bonchev–Trinajstić information content (AvgIpc) is 3.09. The highest BCUT2D eigenvalue weighted by molar-refractivity contribution is 7.71. The van der Waals surface area contributed by atoms with Crippen LogP contribution in [0.15, 0.2) is 64.7 Å². The van der Waals surface area contributed by atoms with Gasteiger partial charge < -0.3 is 4.90 Å². The van der Waals surface area contributed by atoms with Crippen LogP contribution in [-0.4, -0.2) is 34.2 Å². The normalized spacial score (nSPS) is 11.9. The van der Waals surface area contributed by atoms with Crippen molar-refractivity contribution in [2.75, 3.05) is 18.0 Å². The van der Waals surface area contributed by atoms with Crippen molar-refractivity contribution in [1.82, 2.24) is 14.9 Å². The monoisotopic (exact) mass is 411 g/mol. The molecule has 0 aliphatic rings. The number of anilines is 1. The van der Waals surface area contributed by atoms with Crippen LogP contribution in [-0.2, 0) is 0 Å². The number of hydrogen-bond donors (Lipinski definition) is 1. The summed E-state index contributed by atoms with van der Waals surface area (Å²) < 4.78 is 1.98. The zero-order valence-electron chi connectivity index (χ0n) is 15.8. The minimum Gasteiger partial charge on any atom is -0.372 e. The number of rotatable bonds is 7. The summed E-state index contributed by atoms with van der Waals surface area (Å²) in [6, 6.07) is 18.0. The Morgan fingerprint density at radius 3 is 2.46 bits per heavy atom. The summed E-state index contributed by atoms with van der Waals surface area (Å²) in [5.41, 5.74) is 3.09. The third-order valence-electron chi connectivity index (χ3n) is 4.31. The molecular formula is C21H22ClN5S. The van der Waals surface area contributed by atoms with Gasteiger partial charge in [-0.1, -0.05) is 41.9 Å². The number of aromatic nitrogens is 3. The minimum atomic E-state index is 0.406. The molecule has 0 saturated carbocycles. The molecule has 0 spiro atoms.